The Bertz CT molecular complexity index is 758. The minimum Gasteiger partial charge on any atom is -0.393 e. The number of allylic oxidation sites excluding steroid dienone is 1. The number of aliphatic hydroxyl groups is 2. The molecule has 0 aliphatic heterocycles. The summed E-state index contributed by atoms with van der Waals surface area (Å²) >= 11 is 0. The van der Waals surface area contributed by atoms with Crippen molar-refractivity contribution in [2.24, 2.45) is 52.3 Å². The van der Waals surface area contributed by atoms with Crippen molar-refractivity contribution in [1.82, 2.24) is 0 Å². The Morgan fingerprint density at radius 1 is 0.969 bits per heavy atom. The molecule has 32 heavy (non-hydrogen) atoms. The molecule has 0 bridgehead atoms. The van der Waals surface area contributed by atoms with Crippen LogP contribution in [-0.2, 0) is 4.79 Å². The molecular formula is C29H48O3. The monoisotopic (exact) mass is 444 g/mol. The van der Waals surface area contributed by atoms with Crippen molar-refractivity contribution >= 4 is 5.78 Å². The fraction of sp³-hybridized carbons (Fsp3) is 0.897. The first-order valence-corrected chi connectivity index (χ1v) is 13.5. The van der Waals surface area contributed by atoms with Crippen LogP contribution in [-0.4, -0.2) is 27.7 Å². The third-order valence-corrected chi connectivity index (χ3v) is 11.7. The molecule has 0 spiro atoms. The molecule has 4 rings (SSSR count). The van der Waals surface area contributed by atoms with E-state index in [0.717, 1.165) is 50.5 Å². The van der Waals surface area contributed by atoms with Gasteiger partial charge in [0.1, 0.15) is 0 Å². The zero-order valence-corrected chi connectivity index (χ0v) is 21.5. The summed E-state index contributed by atoms with van der Waals surface area (Å²) in [4.78, 5) is 12.8. The van der Waals surface area contributed by atoms with Crippen LogP contribution in [0.4, 0.5) is 0 Å². The number of rotatable bonds is 5. The van der Waals surface area contributed by atoms with Crippen LogP contribution in [0.15, 0.2) is 12.2 Å². The highest BCUT2D eigenvalue weighted by Gasteiger charge is 2.68. The largest absolute Gasteiger partial charge is 0.393 e. The summed E-state index contributed by atoms with van der Waals surface area (Å²) in [7, 11) is 0. The standard InChI is InChI=1S/C29H48O3/c1-17(2)19(4)26(31)16-18(3)21-11-15-29(32)24-9-8-22-20(5)25(30)12-13-27(22,6)23(24)10-14-28(21,29)7/h17-18,20-25,30,32H,4,8-16H2,1-3,5-7H3/t18-,20+,21-,22+,23+,24-,25+,27+,28-,29+/m1/s1. The van der Waals surface area contributed by atoms with Crippen molar-refractivity contribution in [3.8, 4) is 0 Å². The second kappa shape index (κ2) is 8.22. The van der Waals surface area contributed by atoms with Crippen LogP contribution in [0.2, 0.25) is 0 Å². The van der Waals surface area contributed by atoms with Crippen LogP contribution in [0.5, 0.6) is 0 Å². The molecule has 0 saturated heterocycles. The van der Waals surface area contributed by atoms with E-state index in [-0.39, 0.29) is 34.6 Å². The van der Waals surface area contributed by atoms with Gasteiger partial charge in [-0.2, -0.15) is 0 Å². The van der Waals surface area contributed by atoms with Gasteiger partial charge in [-0.1, -0.05) is 48.1 Å². The minimum absolute atomic E-state index is 0.101. The van der Waals surface area contributed by atoms with E-state index in [2.05, 4.69) is 34.3 Å². The molecule has 3 heteroatoms. The third-order valence-electron chi connectivity index (χ3n) is 11.7. The van der Waals surface area contributed by atoms with E-state index in [0.29, 0.717) is 36.0 Å². The molecule has 3 nitrogen and oxygen atoms in total. The third kappa shape index (κ3) is 3.39. The number of Topliss-reactive ketones (excluding diaryl/α,β-unsaturated/α-hetero) is 1. The summed E-state index contributed by atoms with van der Waals surface area (Å²) in [6.07, 6.45) is 8.84. The van der Waals surface area contributed by atoms with E-state index in [1.165, 1.54) is 6.42 Å². The first-order valence-electron chi connectivity index (χ1n) is 13.5. The smallest absolute Gasteiger partial charge is 0.158 e. The maximum absolute atomic E-state index is 12.8. The van der Waals surface area contributed by atoms with Gasteiger partial charge in [0.25, 0.3) is 0 Å². The van der Waals surface area contributed by atoms with Gasteiger partial charge in [0.15, 0.2) is 5.78 Å². The van der Waals surface area contributed by atoms with Gasteiger partial charge in [0.2, 0.25) is 0 Å². The molecule has 0 aromatic rings. The zero-order valence-electron chi connectivity index (χ0n) is 21.5. The molecule has 0 aromatic carbocycles. The van der Waals surface area contributed by atoms with Crippen LogP contribution in [0, 0.1) is 52.3 Å². The lowest BCUT2D eigenvalue weighted by molar-refractivity contribution is -0.220. The number of aliphatic hydroxyl groups excluding tert-OH is 1. The molecule has 0 unspecified atom stereocenters. The van der Waals surface area contributed by atoms with E-state index in [1.807, 2.05) is 13.8 Å². The lowest BCUT2D eigenvalue weighted by Gasteiger charge is -2.65. The fourth-order valence-electron chi connectivity index (χ4n) is 9.52. The average Bonchev–Trinajstić information content (AvgIpc) is 3.02. The summed E-state index contributed by atoms with van der Waals surface area (Å²) in [6, 6.07) is 0. The SMILES string of the molecule is C=C(C(=O)C[C@@H](C)[C@H]1CC[C@]2(O)[C@@H]3CC[C@H]4[C@H](C)[C@@H](O)CC[C@]4(C)[C@H]3CC[C@]12C)C(C)C. The Kier molecular flexibility index (Phi) is 6.28. The van der Waals surface area contributed by atoms with Crippen LogP contribution in [0.25, 0.3) is 0 Å². The van der Waals surface area contributed by atoms with Crippen molar-refractivity contribution in [3.05, 3.63) is 12.2 Å². The minimum atomic E-state index is -0.611. The highest BCUT2D eigenvalue weighted by atomic mass is 16.3. The van der Waals surface area contributed by atoms with Gasteiger partial charge in [-0.15, -0.1) is 0 Å². The van der Waals surface area contributed by atoms with E-state index >= 15 is 0 Å². The molecule has 0 aromatic heterocycles. The van der Waals surface area contributed by atoms with Crippen LogP contribution in [0.3, 0.4) is 0 Å². The van der Waals surface area contributed by atoms with Gasteiger partial charge >= 0.3 is 0 Å². The molecular weight excluding hydrogens is 396 g/mol. The highest BCUT2D eigenvalue weighted by molar-refractivity contribution is 5.95. The fourth-order valence-corrected chi connectivity index (χ4v) is 9.52. The topological polar surface area (TPSA) is 57.5 Å². The second-order valence-corrected chi connectivity index (χ2v) is 13.2. The molecule has 182 valence electrons. The molecule has 4 saturated carbocycles. The number of hydrogen-bond donors (Lipinski definition) is 2. The molecule has 0 amide bonds. The van der Waals surface area contributed by atoms with Gasteiger partial charge in [0.05, 0.1) is 11.7 Å². The number of carbonyl (C=O) groups is 1. The van der Waals surface area contributed by atoms with E-state index in [9.17, 15) is 15.0 Å². The van der Waals surface area contributed by atoms with Crippen LogP contribution < -0.4 is 0 Å². The Labute approximate surface area is 196 Å². The molecule has 10 atom stereocenters. The Morgan fingerprint density at radius 3 is 2.28 bits per heavy atom. The maximum Gasteiger partial charge on any atom is 0.158 e. The molecule has 4 fully saturated rings. The van der Waals surface area contributed by atoms with Crippen molar-refractivity contribution in [2.75, 3.05) is 0 Å². The predicted octanol–water partition coefficient (Wildman–Crippen LogP) is 6.17. The van der Waals surface area contributed by atoms with Crippen LogP contribution >= 0.6 is 0 Å². The lowest BCUT2D eigenvalue weighted by atomic mass is 9.42. The summed E-state index contributed by atoms with van der Waals surface area (Å²) in [5.41, 5.74) is 0.280. The Hall–Kier alpha value is -0.670. The summed E-state index contributed by atoms with van der Waals surface area (Å²) in [5.74, 6) is 2.97. The van der Waals surface area contributed by atoms with Crippen molar-refractivity contribution in [2.45, 2.75) is 111 Å². The second-order valence-electron chi connectivity index (χ2n) is 13.2. The normalized spacial score (nSPS) is 49.2. The summed E-state index contributed by atoms with van der Waals surface area (Å²) < 4.78 is 0. The molecule has 0 radical (unpaired) electrons. The predicted molar refractivity (Wildman–Crippen MR) is 130 cm³/mol. The van der Waals surface area contributed by atoms with Gasteiger partial charge in [-0.3, -0.25) is 4.79 Å². The number of fused-ring (bicyclic) bond motifs is 5. The Morgan fingerprint density at radius 2 is 1.62 bits per heavy atom. The van der Waals surface area contributed by atoms with E-state index < -0.39 is 5.60 Å². The molecule has 0 heterocycles. The van der Waals surface area contributed by atoms with Gasteiger partial charge in [-0.25, -0.2) is 0 Å². The maximum atomic E-state index is 12.8. The van der Waals surface area contributed by atoms with Crippen molar-refractivity contribution < 1.29 is 15.0 Å². The van der Waals surface area contributed by atoms with E-state index in [1.54, 1.807) is 0 Å². The number of carbonyl (C=O) groups excluding carboxylic acids is 1. The average molecular weight is 445 g/mol. The quantitative estimate of drug-likeness (QED) is 0.498. The van der Waals surface area contributed by atoms with Crippen molar-refractivity contribution in [1.29, 1.82) is 0 Å². The van der Waals surface area contributed by atoms with Gasteiger partial charge in [0, 0.05) is 6.42 Å². The summed E-state index contributed by atoms with van der Waals surface area (Å²) in [5, 5.41) is 22.9. The van der Waals surface area contributed by atoms with Gasteiger partial charge < -0.3 is 10.2 Å². The zero-order chi connectivity index (χ0) is 23.6. The lowest BCUT2D eigenvalue weighted by Crippen LogP contribution is -2.63. The van der Waals surface area contributed by atoms with E-state index in [4.69, 9.17) is 0 Å². The van der Waals surface area contributed by atoms with Gasteiger partial charge in [-0.05, 0) is 109 Å². The molecule has 4 aliphatic rings. The summed E-state index contributed by atoms with van der Waals surface area (Å²) in [6.45, 7) is 17.5. The van der Waals surface area contributed by atoms with Crippen LogP contribution in [0.1, 0.15) is 99.3 Å². The van der Waals surface area contributed by atoms with Crippen molar-refractivity contribution in [3.63, 3.8) is 0 Å². The Balaban J connectivity index is 1.56. The molecule has 4 aliphatic carbocycles. The first-order chi connectivity index (χ1) is 14.9. The highest BCUT2D eigenvalue weighted by Crippen LogP contribution is 2.70. The first kappa shape index (κ1) is 24.5. The molecule has 2 N–H and O–H groups in total. The number of hydrogen-bond acceptors (Lipinski definition) is 3. The number of ketones is 1.